The van der Waals surface area contributed by atoms with Gasteiger partial charge in [-0.1, -0.05) is 22.7 Å². The zero-order valence-electron chi connectivity index (χ0n) is 17.8. The number of carbonyl (C=O) groups is 2. The van der Waals surface area contributed by atoms with Gasteiger partial charge < -0.3 is 24.3 Å². The molecule has 1 aromatic carbocycles. The van der Waals surface area contributed by atoms with E-state index in [1.165, 1.54) is 18.3 Å². The molecule has 0 radical (unpaired) electrons. The highest BCUT2D eigenvalue weighted by Crippen LogP contribution is 2.36. The molecule has 0 aliphatic carbocycles. The van der Waals surface area contributed by atoms with Crippen LogP contribution in [-0.2, 0) is 38.1 Å². The Morgan fingerprint density at radius 1 is 1.15 bits per heavy atom. The van der Waals surface area contributed by atoms with Gasteiger partial charge in [0.1, 0.15) is 18.5 Å². The Kier molecular flexibility index (Phi) is 7.09. The maximum absolute atomic E-state index is 12.6. The van der Waals surface area contributed by atoms with Crippen LogP contribution in [0.5, 0.6) is 0 Å². The van der Waals surface area contributed by atoms with Crippen LogP contribution >= 0.6 is 0 Å². The van der Waals surface area contributed by atoms with Crippen molar-refractivity contribution in [3.8, 4) is 0 Å². The number of esters is 2. The van der Waals surface area contributed by atoms with E-state index in [1.54, 1.807) is 19.1 Å². The molecule has 2 heterocycles. The molecule has 0 saturated carbocycles. The van der Waals surface area contributed by atoms with E-state index in [0.717, 1.165) is 30.2 Å². The fourth-order valence-electron chi connectivity index (χ4n) is 3.29. The minimum Gasteiger partial charge on any atom is -0.455 e. The molecule has 0 bridgehead atoms. The first-order chi connectivity index (χ1) is 15.5. The molecule has 4 atom stereocenters. The standard InChI is InChI=1S/C19H21N3O10S/c1-11-4-6-14(7-5-11)33(27,28)29-10-15-16(30-12(2)23)17(31-13(3)24)18(32-15)21-9-8-20-19(21)22(25)26/h4-9,15-18H,10H2,1-3H3/t15-,16-,17-,18-/m1/s1. The summed E-state index contributed by atoms with van der Waals surface area (Å²) >= 11 is 0. The minimum absolute atomic E-state index is 0.103. The number of imidazole rings is 1. The SMILES string of the molecule is CC(=O)O[C@@H]1[C@H](OC(C)=O)[C@@H](COS(=O)(=O)c2ccc(C)cc2)O[C@H]1n1ccnc1[N+](=O)[O-]. The van der Waals surface area contributed by atoms with Crippen LogP contribution in [0.15, 0.2) is 41.6 Å². The third kappa shape index (κ3) is 5.53. The summed E-state index contributed by atoms with van der Waals surface area (Å²) in [5.74, 6) is -2.16. The van der Waals surface area contributed by atoms with Crippen LogP contribution < -0.4 is 0 Å². The molecule has 1 saturated heterocycles. The van der Waals surface area contributed by atoms with E-state index >= 15 is 0 Å². The highest BCUT2D eigenvalue weighted by atomic mass is 32.2. The number of aryl methyl sites for hydroxylation is 1. The first kappa shape index (κ1) is 24.3. The number of hydrogen-bond acceptors (Lipinski definition) is 11. The van der Waals surface area contributed by atoms with Crippen LogP contribution in [-0.4, -0.2) is 59.7 Å². The van der Waals surface area contributed by atoms with E-state index < -0.39 is 64.1 Å². The topological polar surface area (TPSA) is 166 Å². The molecule has 1 aliphatic heterocycles. The van der Waals surface area contributed by atoms with E-state index in [9.17, 15) is 28.1 Å². The molecular formula is C19H21N3O10S. The van der Waals surface area contributed by atoms with E-state index in [4.69, 9.17) is 18.4 Å². The molecule has 178 valence electrons. The van der Waals surface area contributed by atoms with Crippen molar-refractivity contribution in [2.24, 2.45) is 0 Å². The summed E-state index contributed by atoms with van der Waals surface area (Å²) < 4.78 is 47.4. The predicted molar refractivity (Wildman–Crippen MR) is 108 cm³/mol. The second-order valence-electron chi connectivity index (χ2n) is 7.16. The Balaban J connectivity index is 1.91. The summed E-state index contributed by atoms with van der Waals surface area (Å²) in [6.45, 7) is 3.36. The highest BCUT2D eigenvalue weighted by molar-refractivity contribution is 7.86. The van der Waals surface area contributed by atoms with Crippen LogP contribution in [0.3, 0.4) is 0 Å². The Hall–Kier alpha value is -3.36. The second kappa shape index (κ2) is 9.64. The molecule has 1 aliphatic rings. The van der Waals surface area contributed by atoms with E-state index in [2.05, 4.69) is 4.98 Å². The first-order valence-electron chi connectivity index (χ1n) is 9.63. The molecule has 1 aromatic heterocycles. The van der Waals surface area contributed by atoms with Gasteiger partial charge in [-0.25, -0.2) is 0 Å². The van der Waals surface area contributed by atoms with Crippen LogP contribution in [0.25, 0.3) is 0 Å². The summed E-state index contributed by atoms with van der Waals surface area (Å²) in [5, 5.41) is 11.3. The lowest BCUT2D eigenvalue weighted by Crippen LogP contribution is -2.40. The van der Waals surface area contributed by atoms with Crippen molar-refractivity contribution < 1.29 is 41.3 Å². The van der Waals surface area contributed by atoms with Gasteiger partial charge in [-0.2, -0.15) is 13.0 Å². The smallest absolute Gasteiger partial charge is 0.436 e. The maximum Gasteiger partial charge on any atom is 0.436 e. The lowest BCUT2D eigenvalue weighted by atomic mass is 10.1. The summed E-state index contributed by atoms with van der Waals surface area (Å²) in [5.41, 5.74) is 0.844. The van der Waals surface area contributed by atoms with Gasteiger partial charge in [0.05, 0.1) is 11.5 Å². The Bertz CT molecular complexity index is 1140. The van der Waals surface area contributed by atoms with Crippen molar-refractivity contribution in [1.29, 1.82) is 0 Å². The van der Waals surface area contributed by atoms with Gasteiger partial charge in [0, 0.05) is 13.8 Å². The summed E-state index contributed by atoms with van der Waals surface area (Å²) in [4.78, 5) is 37.5. The Labute approximate surface area is 188 Å². The monoisotopic (exact) mass is 483 g/mol. The molecule has 33 heavy (non-hydrogen) atoms. The van der Waals surface area contributed by atoms with Crippen molar-refractivity contribution in [3.05, 3.63) is 52.3 Å². The lowest BCUT2D eigenvalue weighted by molar-refractivity contribution is -0.398. The Morgan fingerprint density at radius 3 is 2.33 bits per heavy atom. The average molecular weight is 483 g/mol. The zero-order chi connectivity index (χ0) is 24.3. The number of benzene rings is 1. The van der Waals surface area contributed by atoms with Gasteiger partial charge in [-0.15, -0.1) is 0 Å². The third-order valence-electron chi connectivity index (χ3n) is 4.67. The molecule has 3 rings (SSSR count). The van der Waals surface area contributed by atoms with E-state index in [1.807, 2.05) is 0 Å². The quantitative estimate of drug-likeness (QED) is 0.229. The number of hydrogen-bond donors (Lipinski definition) is 0. The molecular weight excluding hydrogens is 462 g/mol. The highest BCUT2D eigenvalue weighted by Gasteiger charge is 2.53. The fraction of sp³-hybridized carbons (Fsp3) is 0.421. The number of nitro groups is 1. The normalized spacial score (nSPS) is 22.6. The molecule has 13 nitrogen and oxygen atoms in total. The number of rotatable bonds is 8. The van der Waals surface area contributed by atoms with Crippen molar-refractivity contribution >= 4 is 28.0 Å². The first-order valence-corrected chi connectivity index (χ1v) is 11.0. The second-order valence-corrected chi connectivity index (χ2v) is 8.77. The number of nitrogens with zero attached hydrogens (tertiary/aromatic N) is 3. The lowest BCUT2D eigenvalue weighted by Gasteiger charge is -2.22. The Morgan fingerprint density at radius 2 is 1.76 bits per heavy atom. The zero-order valence-corrected chi connectivity index (χ0v) is 18.6. The number of aromatic nitrogens is 2. The van der Waals surface area contributed by atoms with Gasteiger partial charge >= 0.3 is 17.9 Å². The number of ether oxygens (including phenoxy) is 3. The summed E-state index contributed by atoms with van der Waals surface area (Å²) in [7, 11) is -4.21. The number of carbonyl (C=O) groups excluding carboxylic acids is 2. The molecule has 2 aromatic rings. The minimum atomic E-state index is -4.21. The fourth-order valence-corrected chi connectivity index (χ4v) is 4.21. The predicted octanol–water partition coefficient (Wildman–Crippen LogP) is 1.27. The summed E-state index contributed by atoms with van der Waals surface area (Å²) in [6, 6.07) is 5.91. The van der Waals surface area contributed by atoms with Crippen LogP contribution in [0.1, 0.15) is 25.6 Å². The van der Waals surface area contributed by atoms with E-state index in [0.29, 0.717) is 0 Å². The third-order valence-corrected chi connectivity index (χ3v) is 5.97. The molecule has 0 amide bonds. The summed E-state index contributed by atoms with van der Waals surface area (Å²) in [6.07, 6.45) is -2.88. The van der Waals surface area contributed by atoms with Crippen molar-refractivity contribution in [3.63, 3.8) is 0 Å². The molecule has 0 unspecified atom stereocenters. The van der Waals surface area contributed by atoms with Crippen molar-refractivity contribution in [2.45, 2.75) is 50.2 Å². The van der Waals surface area contributed by atoms with Crippen LogP contribution in [0.2, 0.25) is 0 Å². The largest absolute Gasteiger partial charge is 0.455 e. The molecule has 14 heteroatoms. The van der Waals surface area contributed by atoms with Gasteiger partial charge in [0.2, 0.25) is 6.23 Å². The van der Waals surface area contributed by atoms with Crippen molar-refractivity contribution in [2.75, 3.05) is 6.61 Å². The molecule has 1 fully saturated rings. The average Bonchev–Trinajstić information content (AvgIpc) is 3.32. The van der Waals surface area contributed by atoms with Gasteiger partial charge in [0.25, 0.3) is 10.1 Å². The van der Waals surface area contributed by atoms with Gasteiger partial charge in [-0.3, -0.25) is 13.8 Å². The van der Waals surface area contributed by atoms with Crippen LogP contribution in [0, 0.1) is 17.0 Å². The van der Waals surface area contributed by atoms with Crippen LogP contribution in [0.4, 0.5) is 5.95 Å². The molecule has 0 N–H and O–H groups in total. The van der Waals surface area contributed by atoms with E-state index in [-0.39, 0.29) is 4.90 Å². The molecule has 0 spiro atoms. The maximum atomic E-state index is 12.6. The van der Waals surface area contributed by atoms with Gasteiger partial charge in [-0.05, 0) is 24.0 Å². The van der Waals surface area contributed by atoms with Crippen molar-refractivity contribution in [1.82, 2.24) is 9.55 Å². The van der Waals surface area contributed by atoms with Gasteiger partial charge in [0.15, 0.2) is 12.2 Å².